The second kappa shape index (κ2) is 7.43. The lowest BCUT2D eigenvalue weighted by atomic mass is 10.1. The van der Waals surface area contributed by atoms with Crippen LogP contribution in [-0.4, -0.2) is 12.6 Å². The number of hydrogen-bond acceptors (Lipinski definition) is 2. The number of rotatable bonds is 4. The summed E-state index contributed by atoms with van der Waals surface area (Å²) in [7, 11) is 0. The standard InChI is InChI=1S/C16H13ClFN3O/c17-13-3-1-2-11(8-13)6-7-20-16(22)21-15-5-4-14(18)9-12(15)10-19/h1-5,8-9H,6-7H2,(H2,20,21,22). The maximum atomic E-state index is 13.0. The van der Waals surface area contributed by atoms with Crippen LogP contribution in [0.4, 0.5) is 14.9 Å². The van der Waals surface area contributed by atoms with E-state index < -0.39 is 11.8 Å². The van der Waals surface area contributed by atoms with Crippen LogP contribution in [0.25, 0.3) is 0 Å². The van der Waals surface area contributed by atoms with Crippen molar-refractivity contribution in [2.45, 2.75) is 6.42 Å². The molecule has 2 rings (SSSR count). The molecular formula is C16H13ClFN3O. The Kier molecular flexibility index (Phi) is 5.34. The Hall–Kier alpha value is -2.58. The summed E-state index contributed by atoms with van der Waals surface area (Å²) in [4.78, 5) is 11.8. The fraction of sp³-hybridized carbons (Fsp3) is 0.125. The molecule has 2 N–H and O–H groups in total. The first-order valence-electron chi connectivity index (χ1n) is 6.57. The van der Waals surface area contributed by atoms with Gasteiger partial charge in [-0.25, -0.2) is 9.18 Å². The maximum Gasteiger partial charge on any atom is 0.319 e. The summed E-state index contributed by atoms with van der Waals surface area (Å²) in [6.07, 6.45) is 0.627. The molecule has 0 aliphatic heterocycles. The molecule has 0 aromatic heterocycles. The number of benzene rings is 2. The average Bonchev–Trinajstić information content (AvgIpc) is 2.49. The summed E-state index contributed by atoms with van der Waals surface area (Å²) in [6, 6.07) is 12.4. The van der Waals surface area contributed by atoms with Crippen LogP contribution in [0.15, 0.2) is 42.5 Å². The number of urea groups is 1. The number of carbonyl (C=O) groups excluding carboxylic acids is 1. The van der Waals surface area contributed by atoms with Crippen molar-refractivity contribution in [1.29, 1.82) is 5.26 Å². The SMILES string of the molecule is N#Cc1cc(F)ccc1NC(=O)NCCc1cccc(Cl)c1. The van der Waals surface area contributed by atoms with Crippen molar-refractivity contribution in [3.8, 4) is 6.07 Å². The lowest BCUT2D eigenvalue weighted by Gasteiger charge is -2.09. The van der Waals surface area contributed by atoms with E-state index in [2.05, 4.69) is 10.6 Å². The van der Waals surface area contributed by atoms with Crippen LogP contribution in [-0.2, 0) is 6.42 Å². The van der Waals surface area contributed by atoms with Gasteiger partial charge in [0.05, 0.1) is 11.3 Å². The molecule has 0 radical (unpaired) electrons. The van der Waals surface area contributed by atoms with Gasteiger partial charge >= 0.3 is 6.03 Å². The molecule has 0 aliphatic rings. The van der Waals surface area contributed by atoms with E-state index in [-0.39, 0.29) is 11.3 Å². The second-order valence-electron chi connectivity index (χ2n) is 4.56. The zero-order valence-corrected chi connectivity index (χ0v) is 12.3. The Bertz CT molecular complexity index is 728. The summed E-state index contributed by atoms with van der Waals surface area (Å²) >= 11 is 5.88. The number of nitrogens with zero attached hydrogens (tertiary/aromatic N) is 1. The smallest absolute Gasteiger partial charge is 0.319 e. The lowest BCUT2D eigenvalue weighted by molar-refractivity contribution is 0.252. The van der Waals surface area contributed by atoms with E-state index in [9.17, 15) is 9.18 Å². The molecule has 0 saturated carbocycles. The van der Waals surface area contributed by atoms with Crippen LogP contribution in [0.5, 0.6) is 0 Å². The molecule has 0 unspecified atom stereocenters. The molecule has 0 saturated heterocycles. The Balaban J connectivity index is 1.87. The van der Waals surface area contributed by atoms with Gasteiger partial charge in [-0.15, -0.1) is 0 Å². The van der Waals surface area contributed by atoms with E-state index in [1.54, 1.807) is 6.07 Å². The summed E-state index contributed by atoms with van der Waals surface area (Å²) in [5.74, 6) is -0.525. The molecule has 2 aromatic rings. The highest BCUT2D eigenvalue weighted by Gasteiger charge is 2.07. The highest BCUT2D eigenvalue weighted by atomic mass is 35.5. The average molecular weight is 318 g/mol. The number of carbonyl (C=O) groups is 1. The number of anilines is 1. The Morgan fingerprint density at radius 3 is 2.82 bits per heavy atom. The van der Waals surface area contributed by atoms with Crippen LogP contribution >= 0.6 is 11.6 Å². The number of hydrogen-bond donors (Lipinski definition) is 2. The minimum absolute atomic E-state index is 0.0741. The van der Waals surface area contributed by atoms with Gasteiger partial charge in [-0.2, -0.15) is 5.26 Å². The van der Waals surface area contributed by atoms with Crippen molar-refractivity contribution in [3.63, 3.8) is 0 Å². The molecule has 2 amide bonds. The van der Waals surface area contributed by atoms with Gasteiger partial charge in [-0.3, -0.25) is 0 Å². The van der Waals surface area contributed by atoms with Gasteiger partial charge in [0.1, 0.15) is 11.9 Å². The first-order valence-corrected chi connectivity index (χ1v) is 6.95. The predicted molar refractivity (Wildman–Crippen MR) is 83.3 cm³/mol. The topological polar surface area (TPSA) is 64.9 Å². The van der Waals surface area contributed by atoms with Crippen molar-refractivity contribution in [3.05, 3.63) is 64.4 Å². The Morgan fingerprint density at radius 1 is 1.27 bits per heavy atom. The third-order valence-electron chi connectivity index (χ3n) is 2.94. The molecular weight excluding hydrogens is 305 g/mol. The second-order valence-corrected chi connectivity index (χ2v) is 5.00. The molecule has 0 aliphatic carbocycles. The van der Waals surface area contributed by atoms with Gasteiger partial charge in [0, 0.05) is 11.6 Å². The van der Waals surface area contributed by atoms with Crippen LogP contribution < -0.4 is 10.6 Å². The summed E-state index contributed by atoms with van der Waals surface area (Å²) in [5.41, 5.74) is 1.35. The van der Waals surface area contributed by atoms with E-state index in [1.807, 2.05) is 24.3 Å². The third-order valence-corrected chi connectivity index (χ3v) is 3.17. The van der Waals surface area contributed by atoms with Crippen molar-refractivity contribution in [1.82, 2.24) is 5.32 Å². The van der Waals surface area contributed by atoms with E-state index in [0.717, 1.165) is 11.6 Å². The normalized spacial score (nSPS) is 9.86. The quantitative estimate of drug-likeness (QED) is 0.902. The third kappa shape index (κ3) is 4.47. The molecule has 4 nitrogen and oxygen atoms in total. The number of nitrogens with one attached hydrogen (secondary N) is 2. The zero-order valence-electron chi connectivity index (χ0n) is 11.6. The summed E-state index contributed by atoms with van der Waals surface area (Å²) < 4.78 is 13.0. The minimum Gasteiger partial charge on any atom is -0.338 e. The van der Waals surface area contributed by atoms with E-state index >= 15 is 0 Å². The first kappa shape index (κ1) is 15.8. The number of nitriles is 1. The van der Waals surface area contributed by atoms with Crippen molar-refractivity contribution in [2.75, 3.05) is 11.9 Å². The molecule has 0 fully saturated rings. The zero-order chi connectivity index (χ0) is 15.9. The molecule has 2 aromatic carbocycles. The largest absolute Gasteiger partial charge is 0.338 e. The predicted octanol–water partition coefficient (Wildman–Crippen LogP) is 3.71. The molecule has 0 bridgehead atoms. The van der Waals surface area contributed by atoms with Crippen molar-refractivity contribution < 1.29 is 9.18 Å². The minimum atomic E-state index is -0.525. The first-order chi connectivity index (χ1) is 10.6. The van der Waals surface area contributed by atoms with Gasteiger partial charge < -0.3 is 10.6 Å². The molecule has 0 atom stereocenters. The monoisotopic (exact) mass is 317 g/mol. The van der Waals surface area contributed by atoms with Crippen LogP contribution in [0.1, 0.15) is 11.1 Å². The van der Waals surface area contributed by atoms with Crippen LogP contribution in [0.2, 0.25) is 5.02 Å². The highest BCUT2D eigenvalue weighted by Crippen LogP contribution is 2.15. The molecule has 6 heteroatoms. The van der Waals surface area contributed by atoms with E-state index in [0.29, 0.717) is 18.0 Å². The lowest BCUT2D eigenvalue weighted by Crippen LogP contribution is -2.30. The number of amides is 2. The van der Waals surface area contributed by atoms with E-state index in [4.69, 9.17) is 16.9 Å². The molecule has 0 heterocycles. The van der Waals surface area contributed by atoms with Crippen LogP contribution in [0.3, 0.4) is 0 Å². The van der Waals surface area contributed by atoms with Crippen LogP contribution in [0, 0.1) is 17.1 Å². The summed E-state index contributed by atoms with van der Waals surface area (Å²) in [5, 5.41) is 14.7. The van der Waals surface area contributed by atoms with Crippen molar-refractivity contribution in [2.24, 2.45) is 0 Å². The molecule has 22 heavy (non-hydrogen) atoms. The highest BCUT2D eigenvalue weighted by molar-refractivity contribution is 6.30. The van der Waals surface area contributed by atoms with Crippen molar-refractivity contribution >= 4 is 23.3 Å². The Morgan fingerprint density at radius 2 is 2.09 bits per heavy atom. The van der Waals surface area contributed by atoms with Gasteiger partial charge in [0.25, 0.3) is 0 Å². The fourth-order valence-corrected chi connectivity index (χ4v) is 2.11. The Labute approximate surface area is 132 Å². The van der Waals surface area contributed by atoms with Gasteiger partial charge in [-0.1, -0.05) is 23.7 Å². The molecule has 0 spiro atoms. The van der Waals surface area contributed by atoms with Gasteiger partial charge in [-0.05, 0) is 42.3 Å². The summed E-state index contributed by atoms with van der Waals surface area (Å²) in [6.45, 7) is 0.412. The van der Waals surface area contributed by atoms with E-state index in [1.165, 1.54) is 12.1 Å². The number of halogens is 2. The van der Waals surface area contributed by atoms with Gasteiger partial charge in [0.15, 0.2) is 0 Å². The fourth-order valence-electron chi connectivity index (χ4n) is 1.90. The van der Waals surface area contributed by atoms with Gasteiger partial charge in [0.2, 0.25) is 0 Å². The molecule has 112 valence electrons. The maximum absolute atomic E-state index is 13.0.